The number of benzene rings is 1. The monoisotopic (exact) mass is 294 g/mol. The Morgan fingerprint density at radius 2 is 2.18 bits per heavy atom. The lowest BCUT2D eigenvalue weighted by Gasteiger charge is -2.08. The number of nitrogens with two attached hydrogens (primary N) is 1. The van der Waals surface area contributed by atoms with E-state index in [0.717, 1.165) is 5.56 Å². The molecule has 0 bridgehead atoms. The first-order valence-electron chi connectivity index (χ1n) is 4.98. The second-order valence-electron chi connectivity index (χ2n) is 3.65. The number of nitrogen functional groups attached to an aromatic ring is 1. The molecular weight excluding hydrogens is 284 g/mol. The molecule has 17 heavy (non-hydrogen) atoms. The van der Waals surface area contributed by atoms with Gasteiger partial charge in [0, 0.05) is 0 Å². The molecule has 0 unspecified atom stereocenters. The van der Waals surface area contributed by atoms with Crippen molar-refractivity contribution in [2.45, 2.75) is 6.92 Å². The van der Waals surface area contributed by atoms with Crippen LogP contribution in [0.5, 0.6) is 0 Å². The van der Waals surface area contributed by atoms with Crippen LogP contribution in [0.3, 0.4) is 0 Å². The number of amides is 1. The van der Waals surface area contributed by atoms with Gasteiger partial charge in [-0.3, -0.25) is 4.79 Å². The summed E-state index contributed by atoms with van der Waals surface area (Å²) in [7, 11) is 0. The molecule has 0 atom stereocenters. The summed E-state index contributed by atoms with van der Waals surface area (Å²) in [6.45, 7) is 1.93. The maximum Gasteiger partial charge on any atom is 0.260 e. The normalized spacial score (nSPS) is 10.2. The van der Waals surface area contributed by atoms with E-state index in [1.165, 1.54) is 6.26 Å². The van der Waals surface area contributed by atoms with E-state index in [4.69, 9.17) is 10.2 Å². The van der Waals surface area contributed by atoms with Crippen molar-refractivity contribution < 1.29 is 9.21 Å². The van der Waals surface area contributed by atoms with Gasteiger partial charge in [0.2, 0.25) is 0 Å². The second-order valence-corrected chi connectivity index (χ2v) is 4.37. The fourth-order valence-electron chi connectivity index (χ4n) is 1.42. The van der Waals surface area contributed by atoms with Gasteiger partial charge in [-0.2, -0.15) is 0 Å². The Labute approximate surface area is 107 Å². The Morgan fingerprint density at radius 3 is 2.82 bits per heavy atom. The Hall–Kier alpha value is -1.75. The second kappa shape index (κ2) is 4.63. The lowest BCUT2D eigenvalue weighted by Crippen LogP contribution is -2.13. The van der Waals surface area contributed by atoms with Gasteiger partial charge in [-0.25, -0.2) is 0 Å². The highest BCUT2D eigenvalue weighted by molar-refractivity contribution is 9.10. The van der Waals surface area contributed by atoms with E-state index >= 15 is 0 Å². The van der Waals surface area contributed by atoms with Crippen LogP contribution in [0.4, 0.5) is 11.4 Å². The molecule has 0 saturated carbocycles. The Balaban J connectivity index is 2.24. The highest BCUT2D eigenvalue weighted by Crippen LogP contribution is 2.23. The molecule has 1 aromatic heterocycles. The molecule has 2 aromatic rings. The van der Waals surface area contributed by atoms with Crippen LogP contribution < -0.4 is 11.1 Å². The third kappa shape index (κ3) is 2.50. The number of carbonyl (C=O) groups excluding carboxylic acids is 1. The summed E-state index contributed by atoms with van der Waals surface area (Å²) in [5.74, 6) is -0.261. The van der Waals surface area contributed by atoms with Crippen molar-refractivity contribution in [3.63, 3.8) is 0 Å². The zero-order valence-corrected chi connectivity index (χ0v) is 10.7. The van der Waals surface area contributed by atoms with Crippen LogP contribution in [-0.4, -0.2) is 5.91 Å². The number of nitrogens with one attached hydrogen (secondary N) is 1. The van der Waals surface area contributed by atoms with E-state index in [9.17, 15) is 4.79 Å². The van der Waals surface area contributed by atoms with Crippen LogP contribution in [0.2, 0.25) is 0 Å². The number of rotatable bonds is 2. The molecule has 3 N–H and O–H groups in total. The standard InChI is InChI=1S/C12H11BrN2O2/c1-7-2-3-9(14)10(6-7)15-12(16)8-4-5-17-11(8)13/h2-6H,14H2,1H3,(H,15,16). The lowest BCUT2D eigenvalue weighted by molar-refractivity contribution is 0.102. The summed E-state index contributed by atoms with van der Waals surface area (Å²) < 4.78 is 5.41. The molecule has 2 rings (SSSR count). The maximum atomic E-state index is 11.9. The summed E-state index contributed by atoms with van der Waals surface area (Å²) in [5, 5.41) is 2.74. The molecule has 88 valence electrons. The van der Waals surface area contributed by atoms with Gasteiger partial charge in [0.05, 0.1) is 23.2 Å². The molecule has 0 aliphatic carbocycles. The van der Waals surface area contributed by atoms with E-state index < -0.39 is 0 Å². The van der Waals surface area contributed by atoms with Crippen molar-refractivity contribution in [1.29, 1.82) is 0 Å². The number of carbonyl (C=O) groups is 1. The Kier molecular flexibility index (Phi) is 3.19. The molecule has 0 saturated heterocycles. The fourth-order valence-corrected chi connectivity index (χ4v) is 1.84. The van der Waals surface area contributed by atoms with Crippen LogP contribution in [0, 0.1) is 6.92 Å². The van der Waals surface area contributed by atoms with E-state index in [0.29, 0.717) is 21.6 Å². The van der Waals surface area contributed by atoms with Crippen molar-refractivity contribution >= 4 is 33.2 Å². The van der Waals surface area contributed by atoms with Crippen LogP contribution in [-0.2, 0) is 0 Å². The summed E-state index contributed by atoms with van der Waals surface area (Å²) in [6, 6.07) is 7.06. The van der Waals surface area contributed by atoms with Gasteiger partial charge in [0.1, 0.15) is 0 Å². The topological polar surface area (TPSA) is 68.3 Å². The molecule has 5 heteroatoms. The first-order valence-corrected chi connectivity index (χ1v) is 5.77. The number of halogens is 1. The molecule has 4 nitrogen and oxygen atoms in total. The highest BCUT2D eigenvalue weighted by Gasteiger charge is 2.13. The molecule has 0 aliphatic heterocycles. The van der Waals surface area contributed by atoms with Gasteiger partial charge in [-0.1, -0.05) is 6.07 Å². The third-order valence-corrected chi connectivity index (χ3v) is 2.93. The third-order valence-electron chi connectivity index (χ3n) is 2.32. The van der Waals surface area contributed by atoms with Crippen molar-refractivity contribution in [2.75, 3.05) is 11.1 Å². The Morgan fingerprint density at radius 1 is 1.41 bits per heavy atom. The molecule has 1 amide bonds. The van der Waals surface area contributed by atoms with Crippen LogP contribution in [0.15, 0.2) is 39.6 Å². The first-order chi connectivity index (χ1) is 8.08. The van der Waals surface area contributed by atoms with Gasteiger partial charge in [0.25, 0.3) is 5.91 Å². The number of anilines is 2. The highest BCUT2D eigenvalue weighted by atomic mass is 79.9. The van der Waals surface area contributed by atoms with Gasteiger partial charge in [-0.05, 0) is 46.6 Å². The number of furan rings is 1. The number of aryl methyl sites for hydroxylation is 1. The molecule has 1 heterocycles. The van der Waals surface area contributed by atoms with Crippen molar-refractivity contribution in [1.82, 2.24) is 0 Å². The zero-order chi connectivity index (χ0) is 12.4. The zero-order valence-electron chi connectivity index (χ0n) is 9.16. The van der Waals surface area contributed by atoms with Gasteiger partial charge in [0.15, 0.2) is 4.67 Å². The summed E-state index contributed by atoms with van der Waals surface area (Å²) in [6.07, 6.45) is 1.44. The van der Waals surface area contributed by atoms with Gasteiger partial charge in [-0.15, -0.1) is 0 Å². The molecular formula is C12H11BrN2O2. The van der Waals surface area contributed by atoms with E-state index in [1.54, 1.807) is 12.1 Å². The lowest BCUT2D eigenvalue weighted by atomic mass is 10.2. The summed E-state index contributed by atoms with van der Waals surface area (Å²) in [4.78, 5) is 11.9. The molecule has 1 aromatic carbocycles. The largest absolute Gasteiger partial charge is 0.457 e. The van der Waals surface area contributed by atoms with Crippen molar-refractivity contribution in [2.24, 2.45) is 0 Å². The quantitative estimate of drug-likeness (QED) is 0.836. The molecule has 0 fully saturated rings. The van der Waals surface area contributed by atoms with Gasteiger partial charge < -0.3 is 15.5 Å². The van der Waals surface area contributed by atoms with E-state index in [1.807, 2.05) is 19.1 Å². The van der Waals surface area contributed by atoms with Crippen molar-refractivity contribution in [3.8, 4) is 0 Å². The van der Waals surface area contributed by atoms with Crippen LogP contribution in [0.25, 0.3) is 0 Å². The fraction of sp³-hybridized carbons (Fsp3) is 0.0833. The van der Waals surface area contributed by atoms with Crippen LogP contribution in [0.1, 0.15) is 15.9 Å². The molecule has 0 radical (unpaired) electrons. The van der Waals surface area contributed by atoms with E-state index in [-0.39, 0.29) is 5.91 Å². The minimum atomic E-state index is -0.261. The summed E-state index contributed by atoms with van der Waals surface area (Å²) in [5.41, 5.74) is 8.37. The van der Waals surface area contributed by atoms with Crippen LogP contribution >= 0.6 is 15.9 Å². The van der Waals surface area contributed by atoms with Crippen molar-refractivity contribution in [3.05, 3.63) is 46.3 Å². The first kappa shape index (κ1) is 11.7. The molecule has 0 aliphatic rings. The predicted molar refractivity (Wildman–Crippen MR) is 70.0 cm³/mol. The number of hydrogen-bond acceptors (Lipinski definition) is 3. The minimum absolute atomic E-state index is 0.261. The molecule has 0 spiro atoms. The number of hydrogen-bond donors (Lipinski definition) is 2. The maximum absolute atomic E-state index is 11.9. The van der Waals surface area contributed by atoms with E-state index in [2.05, 4.69) is 21.2 Å². The minimum Gasteiger partial charge on any atom is -0.457 e. The predicted octanol–water partition coefficient (Wildman–Crippen LogP) is 3.19. The Bertz CT molecular complexity index is 563. The average Bonchev–Trinajstić information content (AvgIpc) is 2.70. The average molecular weight is 295 g/mol. The SMILES string of the molecule is Cc1ccc(N)c(NC(=O)c2ccoc2Br)c1. The summed E-state index contributed by atoms with van der Waals surface area (Å²) >= 11 is 3.15. The van der Waals surface area contributed by atoms with Gasteiger partial charge >= 0.3 is 0 Å². The smallest absolute Gasteiger partial charge is 0.260 e.